The van der Waals surface area contributed by atoms with Crippen LogP contribution in [-0.2, 0) is 11.8 Å². The predicted octanol–water partition coefficient (Wildman–Crippen LogP) is 3.73. The largest absolute Gasteiger partial charge is 0.326 e. The summed E-state index contributed by atoms with van der Waals surface area (Å²) in [6.45, 7) is 0. The van der Waals surface area contributed by atoms with Gasteiger partial charge in [-0.1, -0.05) is 6.42 Å². The molecule has 1 aromatic carbocycles. The standard InChI is InChI=1S/C18H22N4OS/c1-22-11-19-21-18(22)24-16-6-4-15(5-7-16)20-17(23)10-14-9-12-2-3-13(14)8-12/h4-7,11-14H,2-3,8-10H2,1H3,(H,20,23). The molecule has 0 aliphatic heterocycles. The number of hydrogen-bond donors (Lipinski definition) is 1. The Morgan fingerprint density at radius 1 is 1.29 bits per heavy atom. The lowest BCUT2D eigenvalue weighted by Gasteiger charge is -2.20. The van der Waals surface area contributed by atoms with Crippen LogP contribution in [0.2, 0.25) is 0 Å². The van der Waals surface area contributed by atoms with Gasteiger partial charge in [-0.15, -0.1) is 10.2 Å². The summed E-state index contributed by atoms with van der Waals surface area (Å²) in [5, 5.41) is 11.8. The maximum atomic E-state index is 12.3. The van der Waals surface area contributed by atoms with E-state index >= 15 is 0 Å². The van der Waals surface area contributed by atoms with Gasteiger partial charge in [-0.3, -0.25) is 4.79 Å². The Hall–Kier alpha value is -1.82. The first kappa shape index (κ1) is 15.7. The molecule has 6 heteroatoms. The van der Waals surface area contributed by atoms with Crippen molar-refractivity contribution in [2.75, 3.05) is 5.32 Å². The first-order chi connectivity index (χ1) is 11.7. The van der Waals surface area contributed by atoms with Gasteiger partial charge in [0.15, 0.2) is 5.16 Å². The maximum absolute atomic E-state index is 12.3. The van der Waals surface area contributed by atoms with Crippen molar-refractivity contribution in [3.05, 3.63) is 30.6 Å². The fourth-order valence-electron chi connectivity index (χ4n) is 4.15. The van der Waals surface area contributed by atoms with E-state index in [0.29, 0.717) is 12.3 Å². The van der Waals surface area contributed by atoms with E-state index < -0.39 is 0 Å². The number of amides is 1. The highest BCUT2D eigenvalue weighted by Gasteiger charge is 2.40. The minimum absolute atomic E-state index is 0.154. The number of aromatic nitrogens is 3. The molecule has 0 radical (unpaired) electrons. The lowest BCUT2D eigenvalue weighted by atomic mass is 9.86. The second-order valence-electron chi connectivity index (χ2n) is 7.04. The predicted molar refractivity (Wildman–Crippen MR) is 93.8 cm³/mol. The fraction of sp³-hybridized carbons (Fsp3) is 0.500. The summed E-state index contributed by atoms with van der Waals surface area (Å²) >= 11 is 1.56. The van der Waals surface area contributed by atoms with E-state index in [1.54, 1.807) is 18.1 Å². The van der Waals surface area contributed by atoms with Gasteiger partial charge in [0.2, 0.25) is 5.91 Å². The highest BCUT2D eigenvalue weighted by molar-refractivity contribution is 7.99. The lowest BCUT2D eigenvalue weighted by molar-refractivity contribution is -0.117. The van der Waals surface area contributed by atoms with E-state index in [-0.39, 0.29) is 5.91 Å². The van der Waals surface area contributed by atoms with Gasteiger partial charge in [0.1, 0.15) is 6.33 Å². The summed E-state index contributed by atoms with van der Waals surface area (Å²) in [6.07, 6.45) is 7.69. The molecule has 0 spiro atoms. The minimum Gasteiger partial charge on any atom is -0.326 e. The number of nitrogens with zero attached hydrogens (tertiary/aromatic N) is 3. The molecule has 4 rings (SSSR count). The van der Waals surface area contributed by atoms with Crippen LogP contribution in [0.25, 0.3) is 0 Å². The molecule has 3 atom stereocenters. The molecule has 3 unspecified atom stereocenters. The van der Waals surface area contributed by atoms with Gasteiger partial charge in [0, 0.05) is 24.1 Å². The molecule has 5 nitrogen and oxygen atoms in total. The van der Waals surface area contributed by atoms with Crippen LogP contribution in [0.1, 0.15) is 32.1 Å². The van der Waals surface area contributed by atoms with Crippen molar-refractivity contribution in [1.82, 2.24) is 14.8 Å². The van der Waals surface area contributed by atoms with Crippen molar-refractivity contribution in [3.8, 4) is 0 Å². The minimum atomic E-state index is 0.154. The number of rotatable bonds is 5. The Morgan fingerprint density at radius 2 is 2.12 bits per heavy atom. The van der Waals surface area contributed by atoms with Crippen molar-refractivity contribution in [3.63, 3.8) is 0 Å². The van der Waals surface area contributed by atoms with Crippen LogP contribution in [0, 0.1) is 17.8 Å². The van der Waals surface area contributed by atoms with E-state index in [0.717, 1.165) is 27.6 Å². The van der Waals surface area contributed by atoms with Gasteiger partial charge < -0.3 is 9.88 Å². The summed E-state index contributed by atoms with van der Waals surface area (Å²) in [4.78, 5) is 13.4. The van der Waals surface area contributed by atoms with Gasteiger partial charge in [-0.05, 0) is 73.0 Å². The van der Waals surface area contributed by atoms with Crippen molar-refractivity contribution >= 4 is 23.4 Å². The summed E-state index contributed by atoms with van der Waals surface area (Å²) in [7, 11) is 1.92. The molecule has 1 heterocycles. The van der Waals surface area contributed by atoms with Gasteiger partial charge in [0.25, 0.3) is 0 Å². The molecule has 2 fully saturated rings. The Bertz CT molecular complexity index is 727. The van der Waals surface area contributed by atoms with Crippen molar-refractivity contribution < 1.29 is 4.79 Å². The Balaban J connectivity index is 1.32. The molecular weight excluding hydrogens is 320 g/mol. The third-order valence-electron chi connectivity index (χ3n) is 5.35. The van der Waals surface area contributed by atoms with E-state index in [9.17, 15) is 4.79 Å². The van der Waals surface area contributed by atoms with Crippen LogP contribution < -0.4 is 5.32 Å². The quantitative estimate of drug-likeness (QED) is 0.899. The molecule has 2 aromatic rings. The number of aryl methyl sites for hydroxylation is 1. The number of carbonyl (C=O) groups excluding carboxylic acids is 1. The molecular formula is C18H22N4OS. The van der Waals surface area contributed by atoms with Gasteiger partial charge >= 0.3 is 0 Å². The second-order valence-corrected chi connectivity index (χ2v) is 8.08. The third kappa shape index (κ3) is 3.34. The van der Waals surface area contributed by atoms with Crippen molar-refractivity contribution in [2.24, 2.45) is 24.8 Å². The normalized spacial score (nSPS) is 25.1. The first-order valence-corrected chi connectivity index (χ1v) is 9.41. The number of hydrogen-bond acceptors (Lipinski definition) is 4. The van der Waals surface area contributed by atoms with Crippen LogP contribution >= 0.6 is 11.8 Å². The van der Waals surface area contributed by atoms with Gasteiger partial charge in [0.05, 0.1) is 0 Å². The van der Waals surface area contributed by atoms with E-state index in [4.69, 9.17) is 0 Å². The fourth-order valence-corrected chi connectivity index (χ4v) is 4.92. The Morgan fingerprint density at radius 3 is 2.75 bits per heavy atom. The zero-order valence-corrected chi connectivity index (χ0v) is 14.6. The summed E-state index contributed by atoms with van der Waals surface area (Å²) in [6, 6.07) is 7.92. The van der Waals surface area contributed by atoms with Gasteiger partial charge in [-0.25, -0.2) is 0 Å². The Kier molecular flexibility index (Phi) is 4.31. The molecule has 0 saturated heterocycles. The van der Waals surface area contributed by atoms with Crippen LogP contribution in [-0.4, -0.2) is 20.7 Å². The van der Waals surface area contributed by atoms with E-state index in [1.807, 2.05) is 35.9 Å². The second kappa shape index (κ2) is 6.59. The summed E-state index contributed by atoms with van der Waals surface area (Å²) in [5.74, 6) is 2.45. The average Bonchev–Trinajstić information content (AvgIpc) is 3.27. The molecule has 24 heavy (non-hydrogen) atoms. The molecule has 2 aliphatic carbocycles. The third-order valence-corrected chi connectivity index (χ3v) is 6.41. The maximum Gasteiger partial charge on any atom is 0.224 e. The molecule has 1 amide bonds. The smallest absolute Gasteiger partial charge is 0.224 e. The van der Waals surface area contributed by atoms with E-state index in [1.165, 1.54) is 25.7 Å². The lowest BCUT2D eigenvalue weighted by Crippen LogP contribution is -2.20. The molecule has 1 aromatic heterocycles. The zero-order chi connectivity index (χ0) is 16.5. The average molecular weight is 342 g/mol. The number of benzene rings is 1. The molecule has 126 valence electrons. The number of anilines is 1. The van der Waals surface area contributed by atoms with Crippen LogP contribution in [0.4, 0.5) is 5.69 Å². The van der Waals surface area contributed by atoms with Crippen LogP contribution in [0.3, 0.4) is 0 Å². The topological polar surface area (TPSA) is 59.8 Å². The molecule has 1 N–H and O–H groups in total. The van der Waals surface area contributed by atoms with Gasteiger partial charge in [-0.2, -0.15) is 0 Å². The Labute approximate surface area is 146 Å². The monoisotopic (exact) mass is 342 g/mol. The van der Waals surface area contributed by atoms with Crippen LogP contribution in [0.5, 0.6) is 0 Å². The number of carbonyl (C=O) groups is 1. The summed E-state index contributed by atoms with van der Waals surface area (Å²) < 4.78 is 1.88. The first-order valence-electron chi connectivity index (χ1n) is 8.59. The van der Waals surface area contributed by atoms with Crippen molar-refractivity contribution in [2.45, 2.75) is 42.2 Å². The van der Waals surface area contributed by atoms with E-state index in [2.05, 4.69) is 15.5 Å². The zero-order valence-electron chi connectivity index (χ0n) is 13.8. The highest BCUT2D eigenvalue weighted by atomic mass is 32.2. The number of fused-ring (bicyclic) bond motifs is 2. The molecule has 2 saturated carbocycles. The highest BCUT2D eigenvalue weighted by Crippen LogP contribution is 2.49. The molecule has 2 bridgehead atoms. The SMILES string of the molecule is Cn1cnnc1Sc1ccc(NC(=O)CC2CC3CCC2C3)cc1. The molecule has 2 aliphatic rings. The summed E-state index contributed by atoms with van der Waals surface area (Å²) in [5.41, 5.74) is 0.866. The van der Waals surface area contributed by atoms with Crippen LogP contribution in [0.15, 0.2) is 40.6 Å². The number of nitrogens with one attached hydrogen (secondary N) is 1. The van der Waals surface area contributed by atoms with Crippen molar-refractivity contribution in [1.29, 1.82) is 0 Å².